The van der Waals surface area contributed by atoms with Gasteiger partial charge in [-0.2, -0.15) is 5.10 Å². The number of aryl methyl sites for hydroxylation is 1. The Balaban J connectivity index is 1.60. The van der Waals surface area contributed by atoms with Gasteiger partial charge in [0.25, 0.3) is 11.5 Å². The second-order valence-electron chi connectivity index (χ2n) is 5.61. The molecule has 8 heteroatoms. The number of carbonyl (C=O) groups excluding carboxylic acids is 2. The van der Waals surface area contributed by atoms with Gasteiger partial charge >= 0.3 is 5.97 Å². The molecule has 0 saturated heterocycles. The molecule has 3 aromatic rings. The van der Waals surface area contributed by atoms with E-state index in [1.165, 1.54) is 23.1 Å². The van der Waals surface area contributed by atoms with Crippen molar-refractivity contribution in [2.75, 3.05) is 6.61 Å². The summed E-state index contributed by atoms with van der Waals surface area (Å²) in [6.45, 7) is 0.0505. The number of nitrogens with zero attached hydrogens (tertiary/aromatic N) is 2. The fourth-order valence-corrected chi connectivity index (χ4v) is 3.13. The smallest absolute Gasteiger partial charge is 0.312 e. The van der Waals surface area contributed by atoms with Gasteiger partial charge in [-0.05, 0) is 17.5 Å². The summed E-state index contributed by atoms with van der Waals surface area (Å²) < 4.78 is 6.21. The monoisotopic (exact) mass is 371 g/mol. The van der Waals surface area contributed by atoms with Crippen LogP contribution in [0.2, 0.25) is 0 Å². The normalized spacial score (nSPS) is 10.7. The number of aromatic nitrogens is 2. The average molecular weight is 371 g/mol. The van der Waals surface area contributed by atoms with Gasteiger partial charge in [-0.25, -0.2) is 4.68 Å². The number of benzene rings is 1. The molecule has 1 aromatic carbocycles. The van der Waals surface area contributed by atoms with E-state index < -0.39 is 5.97 Å². The minimum absolute atomic E-state index is 0.118. The number of fused-ring (bicyclic) bond motifs is 1. The number of thiophene rings is 1. The summed E-state index contributed by atoms with van der Waals surface area (Å²) in [5, 5.41) is 9.84. The van der Waals surface area contributed by atoms with E-state index in [0.717, 1.165) is 4.88 Å². The van der Waals surface area contributed by atoms with E-state index in [-0.39, 0.29) is 24.5 Å². The highest BCUT2D eigenvalue weighted by Gasteiger charge is 2.14. The summed E-state index contributed by atoms with van der Waals surface area (Å²) in [7, 11) is 1.53. The minimum Gasteiger partial charge on any atom is -0.455 e. The molecular weight excluding hydrogens is 354 g/mol. The van der Waals surface area contributed by atoms with Crippen LogP contribution in [-0.2, 0) is 34.3 Å². The number of carbonyl (C=O) groups is 2. The van der Waals surface area contributed by atoms with E-state index in [1.54, 1.807) is 24.3 Å². The van der Waals surface area contributed by atoms with Crippen LogP contribution in [0.25, 0.3) is 10.8 Å². The van der Waals surface area contributed by atoms with Crippen molar-refractivity contribution in [1.29, 1.82) is 0 Å². The molecule has 134 valence electrons. The van der Waals surface area contributed by atoms with Gasteiger partial charge in [-0.3, -0.25) is 14.4 Å². The summed E-state index contributed by atoms with van der Waals surface area (Å²) in [6.07, 6.45) is -0.118. The van der Waals surface area contributed by atoms with Crippen molar-refractivity contribution >= 4 is 34.0 Å². The maximum Gasteiger partial charge on any atom is 0.312 e. The number of nitrogens with one attached hydrogen (secondary N) is 1. The Morgan fingerprint density at radius 2 is 1.96 bits per heavy atom. The fraction of sp³-hybridized carbons (Fsp3) is 0.222. The van der Waals surface area contributed by atoms with E-state index >= 15 is 0 Å². The van der Waals surface area contributed by atoms with Gasteiger partial charge in [0.15, 0.2) is 6.61 Å². The van der Waals surface area contributed by atoms with Gasteiger partial charge in [-0.15, -0.1) is 11.3 Å². The van der Waals surface area contributed by atoms with Crippen molar-refractivity contribution in [2.24, 2.45) is 7.05 Å². The molecule has 7 nitrogen and oxygen atoms in total. The molecule has 1 N–H and O–H groups in total. The van der Waals surface area contributed by atoms with Crippen molar-refractivity contribution < 1.29 is 14.3 Å². The Kier molecular flexibility index (Phi) is 5.43. The van der Waals surface area contributed by atoms with Crippen molar-refractivity contribution in [2.45, 2.75) is 13.0 Å². The Morgan fingerprint density at radius 3 is 2.69 bits per heavy atom. The Hall–Kier alpha value is -3.00. The van der Waals surface area contributed by atoms with Crippen molar-refractivity contribution in [1.82, 2.24) is 15.1 Å². The number of rotatable bonds is 6. The van der Waals surface area contributed by atoms with Gasteiger partial charge in [0.1, 0.15) is 0 Å². The maximum absolute atomic E-state index is 12.1. The van der Waals surface area contributed by atoms with E-state index in [4.69, 9.17) is 4.74 Å². The zero-order valence-corrected chi connectivity index (χ0v) is 14.9. The van der Waals surface area contributed by atoms with Crippen LogP contribution < -0.4 is 10.9 Å². The first-order valence-corrected chi connectivity index (χ1v) is 8.82. The molecule has 3 rings (SSSR count). The standard InChI is InChI=1S/C18H17N3O4S/c1-21-18(24)14-7-3-2-6-13(14)15(20-21)9-17(23)25-11-16(22)19-10-12-5-4-8-26-12/h2-8H,9-11H2,1H3,(H,19,22). The zero-order valence-electron chi connectivity index (χ0n) is 14.1. The second-order valence-corrected chi connectivity index (χ2v) is 6.65. The predicted molar refractivity (Wildman–Crippen MR) is 97.8 cm³/mol. The third-order valence-corrected chi connectivity index (χ3v) is 4.63. The van der Waals surface area contributed by atoms with Crippen LogP contribution in [0.5, 0.6) is 0 Å². The summed E-state index contributed by atoms with van der Waals surface area (Å²) in [6, 6.07) is 10.8. The molecule has 0 aliphatic rings. The predicted octanol–water partition coefficient (Wildman–Crippen LogP) is 1.40. The van der Waals surface area contributed by atoms with Crippen LogP contribution in [0.4, 0.5) is 0 Å². The van der Waals surface area contributed by atoms with Gasteiger partial charge in [0, 0.05) is 17.3 Å². The lowest BCUT2D eigenvalue weighted by atomic mass is 10.1. The van der Waals surface area contributed by atoms with Crippen LogP contribution in [0.15, 0.2) is 46.6 Å². The molecule has 0 aliphatic carbocycles. The van der Waals surface area contributed by atoms with Crippen molar-refractivity contribution in [3.05, 3.63) is 62.7 Å². The average Bonchev–Trinajstić information content (AvgIpc) is 3.16. The SMILES string of the molecule is Cn1nc(CC(=O)OCC(=O)NCc2cccs2)c2ccccc2c1=O. The number of esters is 1. The van der Waals surface area contributed by atoms with Crippen LogP contribution in [-0.4, -0.2) is 28.3 Å². The van der Waals surface area contributed by atoms with Crippen molar-refractivity contribution in [3.8, 4) is 0 Å². The van der Waals surface area contributed by atoms with Gasteiger partial charge < -0.3 is 10.1 Å². The Bertz CT molecular complexity index is 995. The van der Waals surface area contributed by atoms with Crippen LogP contribution >= 0.6 is 11.3 Å². The lowest BCUT2D eigenvalue weighted by Crippen LogP contribution is -2.29. The van der Waals surface area contributed by atoms with E-state index in [0.29, 0.717) is 23.0 Å². The molecule has 0 atom stereocenters. The zero-order chi connectivity index (χ0) is 18.5. The highest BCUT2D eigenvalue weighted by atomic mass is 32.1. The lowest BCUT2D eigenvalue weighted by molar-refractivity contribution is -0.147. The highest BCUT2D eigenvalue weighted by molar-refractivity contribution is 7.09. The lowest BCUT2D eigenvalue weighted by Gasteiger charge is -2.08. The van der Waals surface area contributed by atoms with Crippen molar-refractivity contribution in [3.63, 3.8) is 0 Å². The molecule has 0 radical (unpaired) electrons. The van der Waals surface area contributed by atoms with Crippen LogP contribution in [0.1, 0.15) is 10.6 Å². The molecule has 0 saturated carbocycles. The summed E-state index contributed by atoms with van der Waals surface area (Å²) in [5.74, 6) is -0.947. The molecule has 0 spiro atoms. The summed E-state index contributed by atoms with van der Waals surface area (Å²) in [5.41, 5.74) is 0.206. The van der Waals surface area contributed by atoms with Gasteiger partial charge in [-0.1, -0.05) is 24.3 Å². The highest BCUT2D eigenvalue weighted by Crippen LogP contribution is 2.14. The molecule has 1 amide bonds. The summed E-state index contributed by atoms with van der Waals surface area (Å²) >= 11 is 1.54. The minimum atomic E-state index is -0.576. The number of ether oxygens (including phenoxy) is 1. The molecule has 26 heavy (non-hydrogen) atoms. The molecule has 0 unspecified atom stereocenters. The van der Waals surface area contributed by atoms with Crippen LogP contribution in [0, 0.1) is 0 Å². The third kappa shape index (κ3) is 4.15. The first-order chi connectivity index (χ1) is 12.5. The molecule has 0 bridgehead atoms. The topological polar surface area (TPSA) is 90.3 Å². The molecule has 2 heterocycles. The molecule has 0 aliphatic heterocycles. The Labute approximate surface area is 153 Å². The van der Waals surface area contributed by atoms with Gasteiger partial charge in [0.05, 0.1) is 24.0 Å². The molecular formula is C18H17N3O4S. The number of amides is 1. The van der Waals surface area contributed by atoms with E-state index in [1.807, 2.05) is 17.5 Å². The molecule has 2 aromatic heterocycles. The largest absolute Gasteiger partial charge is 0.455 e. The van der Waals surface area contributed by atoms with Crippen LogP contribution in [0.3, 0.4) is 0 Å². The quantitative estimate of drug-likeness (QED) is 0.662. The maximum atomic E-state index is 12.1. The van der Waals surface area contributed by atoms with E-state index in [2.05, 4.69) is 10.4 Å². The number of hydrogen-bond donors (Lipinski definition) is 1. The first kappa shape index (κ1) is 17.8. The number of hydrogen-bond acceptors (Lipinski definition) is 6. The second kappa shape index (κ2) is 7.92. The molecule has 0 fully saturated rings. The Morgan fingerprint density at radius 1 is 1.19 bits per heavy atom. The third-order valence-electron chi connectivity index (χ3n) is 3.75. The van der Waals surface area contributed by atoms with E-state index in [9.17, 15) is 14.4 Å². The van der Waals surface area contributed by atoms with Gasteiger partial charge in [0.2, 0.25) is 0 Å². The summed E-state index contributed by atoms with van der Waals surface area (Å²) in [4.78, 5) is 36.9. The first-order valence-electron chi connectivity index (χ1n) is 7.94. The fourth-order valence-electron chi connectivity index (χ4n) is 2.49.